The number of nitrogens with two attached hydrogens (primary N) is 1. The lowest BCUT2D eigenvalue weighted by Crippen LogP contribution is -2.27. The molecule has 0 saturated carbocycles. The molecule has 84 valence electrons. The van der Waals surface area contributed by atoms with Crippen molar-refractivity contribution in [3.63, 3.8) is 0 Å². The van der Waals surface area contributed by atoms with E-state index in [1.807, 2.05) is 6.92 Å². The van der Waals surface area contributed by atoms with Crippen molar-refractivity contribution in [2.24, 2.45) is 5.73 Å². The van der Waals surface area contributed by atoms with Crippen molar-refractivity contribution in [1.82, 2.24) is 0 Å². The molecule has 1 atom stereocenters. The summed E-state index contributed by atoms with van der Waals surface area (Å²) >= 11 is 0. The van der Waals surface area contributed by atoms with E-state index in [-0.39, 0.29) is 11.9 Å². The van der Waals surface area contributed by atoms with E-state index in [1.165, 1.54) is 6.07 Å². The van der Waals surface area contributed by atoms with E-state index in [2.05, 4.69) is 6.92 Å². The van der Waals surface area contributed by atoms with Gasteiger partial charge in [-0.15, -0.1) is 0 Å². The molecule has 3 heteroatoms. The van der Waals surface area contributed by atoms with E-state index in [9.17, 15) is 4.39 Å². The molecule has 1 rings (SSSR count). The van der Waals surface area contributed by atoms with Gasteiger partial charge in [0.1, 0.15) is 6.61 Å². The van der Waals surface area contributed by atoms with Crippen LogP contribution in [0.1, 0.15) is 25.3 Å². The van der Waals surface area contributed by atoms with Gasteiger partial charge in [-0.1, -0.05) is 19.4 Å². The number of hydrogen-bond acceptors (Lipinski definition) is 2. The summed E-state index contributed by atoms with van der Waals surface area (Å²) in [5.74, 6) is -0.0362. The normalized spacial score (nSPS) is 12.5. The number of benzene rings is 1. The molecule has 0 saturated heterocycles. The summed E-state index contributed by atoms with van der Waals surface area (Å²) in [4.78, 5) is 0. The molecular weight excluding hydrogens is 193 g/mol. The van der Waals surface area contributed by atoms with E-state index in [0.29, 0.717) is 12.4 Å². The van der Waals surface area contributed by atoms with Gasteiger partial charge < -0.3 is 10.5 Å². The van der Waals surface area contributed by atoms with E-state index in [4.69, 9.17) is 10.5 Å². The summed E-state index contributed by atoms with van der Waals surface area (Å²) in [5.41, 5.74) is 6.75. The lowest BCUT2D eigenvalue weighted by Gasteiger charge is -2.12. The van der Waals surface area contributed by atoms with Crippen LogP contribution in [0.25, 0.3) is 0 Å². The summed E-state index contributed by atoms with van der Waals surface area (Å²) in [5, 5.41) is 0. The zero-order chi connectivity index (χ0) is 11.3. The highest BCUT2D eigenvalue weighted by molar-refractivity contribution is 5.29. The SMILES string of the molecule is CCCC(N)COc1cc(C)ccc1F. The van der Waals surface area contributed by atoms with Crippen LogP contribution in [-0.4, -0.2) is 12.6 Å². The van der Waals surface area contributed by atoms with Crippen LogP contribution in [-0.2, 0) is 0 Å². The van der Waals surface area contributed by atoms with E-state index >= 15 is 0 Å². The Hall–Kier alpha value is -1.09. The third-order valence-corrected chi connectivity index (χ3v) is 2.20. The first-order valence-corrected chi connectivity index (χ1v) is 5.28. The Labute approximate surface area is 90.2 Å². The Morgan fingerprint density at radius 1 is 1.47 bits per heavy atom. The van der Waals surface area contributed by atoms with Crippen molar-refractivity contribution in [3.05, 3.63) is 29.6 Å². The molecule has 0 aliphatic rings. The predicted molar refractivity (Wildman–Crippen MR) is 59.5 cm³/mol. The zero-order valence-electron chi connectivity index (χ0n) is 9.29. The van der Waals surface area contributed by atoms with Gasteiger partial charge in [-0.3, -0.25) is 0 Å². The molecule has 1 aromatic carbocycles. The summed E-state index contributed by atoms with van der Waals surface area (Å²) in [6, 6.07) is 4.80. The topological polar surface area (TPSA) is 35.2 Å². The van der Waals surface area contributed by atoms with Gasteiger partial charge in [-0.2, -0.15) is 0 Å². The monoisotopic (exact) mass is 211 g/mol. The fraction of sp³-hybridized carbons (Fsp3) is 0.500. The van der Waals surface area contributed by atoms with Crippen LogP contribution in [0.2, 0.25) is 0 Å². The Morgan fingerprint density at radius 3 is 2.87 bits per heavy atom. The number of halogens is 1. The maximum absolute atomic E-state index is 13.2. The Bertz CT molecular complexity index is 314. The molecule has 0 spiro atoms. The average molecular weight is 211 g/mol. The fourth-order valence-corrected chi connectivity index (χ4v) is 1.37. The Balaban J connectivity index is 2.53. The molecule has 0 aliphatic carbocycles. The van der Waals surface area contributed by atoms with Crippen LogP contribution in [0.5, 0.6) is 5.75 Å². The van der Waals surface area contributed by atoms with Crippen LogP contribution < -0.4 is 10.5 Å². The fourth-order valence-electron chi connectivity index (χ4n) is 1.37. The third-order valence-electron chi connectivity index (χ3n) is 2.20. The van der Waals surface area contributed by atoms with Gasteiger partial charge in [0, 0.05) is 6.04 Å². The quantitative estimate of drug-likeness (QED) is 0.812. The lowest BCUT2D eigenvalue weighted by molar-refractivity contribution is 0.269. The van der Waals surface area contributed by atoms with E-state index in [0.717, 1.165) is 18.4 Å². The van der Waals surface area contributed by atoms with Crippen molar-refractivity contribution in [3.8, 4) is 5.75 Å². The molecule has 2 nitrogen and oxygen atoms in total. The predicted octanol–water partition coefficient (Wildman–Crippen LogP) is 2.64. The van der Waals surface area contributed by atoms with Crippen molar-refractivity contribution >= 4 is 0 Å². The minimum absolute atomic E-state index is 0.0186. The molecule has 0 heterocycles. The van der Waals surface area contributed by atoms with Crippen molar-refractivity contribution in [2.75, 3.05) is 6.61 Å². The summed E-state index contributed by atoms with van der Waals surface area (Å²) < 4.78 is 18.6. The maximum Gasteiger partial charge on any atom is 0.165 e. The highest BCUT2D eigenvalue weighted by Gasteiger charge is 2.06. The maximum atomic E-state index is 13.2. The average Bonchev–Trinajstić information content (AvgIpc) is 2.20. The van der Waals surface area contributed by atoms with Crippen LogP contribution >= 0.6 is 0 Å². The molecular formula is C12H18FNO. The lowest BCUT2D eigenvalue weighted by atomic mass is 10.2. The van der Waals surface area contributed by atoms with Crippen LogP contribution in [0, 0.1) is 12.7 Å². The molecule has 1 unspecified atom stereocenters. The number of hydrogen-bond donors (Lipinski definition) is 1. The second kappa shape index (κ2) is 5.71. The van der Waals surface area contributed by atoms with Gasteiger partial charge in [0.05, 0.1) is 0 Å². The number of aryl methyl sites for hydroxylation is 1. The van der Waals surface area contributed by atoms with E-state index < -0.39 is 0 Å². The van der Waals surface area contributed by atoms with Gasteiger partial charge in [-0.05, 0) is 31.0 Å². The smallest absolute Gasteiger partial charge is 0.165 e. The third kappa shape index (κ3) is 3.88. The summed E-state index contributed by atoms with van der Waals surface area (Å²) in [6.45, 7) is 4.33. The molecule has 2 N–H and O–H groups in total. The number of ether oxygens (including phenoxy) is 1. The van der Waals surface area contributed by atoms with Crippen molar-refractivity contribution in [1.29, 1.82) is 0 Å². The highest BCUT2D eigenvalue weighted by atomic mass is 19.1. The van der Waals surface area contributed by atoms with Crippen LogP contribution in [0.3, 0.4) is 0 Å². The van der Waals surface area contributed by atoms with Gasteiger partial charge in [0.15, 0.2) is 11.6 Å². The van der Waals surface area contributed by atoms with Crippen molar-refractivity contribution in [2.45, 2.75) is 32.7 Å². The summed E-state index contributed by atoms with van der Waals surface area (Å²) in [6.07, 6.45) is 1.91. The Morgan fingerprint density at radius 2 is 2.20 bits per heavy atom. The summed E-state index contributed by atoms with van der Waals surface area (Å²) in [7, 11) is 0. The Kier molecular flexibility index (Phi) is 4.56. The second-order valence-electron chi connectivity index (χ2n) is 3.79. The minimum atomic E-state index is -0.329. The highest BCUT2D eigenvalue weighted by Crippen LogP contribution is 2.18. The van der Waals surface area contributed by atoms with Gasteiger partial charge in [-0.25, -0.2) is 4.39 Å². The van der Waals surface area contributed by atoms with Crippen LogP contribution in [0.15, 0.2) is 18.2 Å². The molecule has 0 radical (unpaired) electrons. The minimum Gasteiger partial charge on any atom is -0.489 e. The first-order valence-electron chi connectivity index (χ1n) is 5.28. The van der Waals surface area contributed by atoms with Crippen LogP contribution in [0.4, 0.5) is 4.39 Å². The molecule has 0 fully saturated rings. The standard InChI is InChI=1S/C12H18FNO/c1-3-4-10(14)8-15-12-7-9(2)5-6-11(12)13/h5-7,10H,3-4,8,14H2,1-2H3. The molecule has 15 heavy (non-hydrogen) atoms. The first-order chi connectivity index (χ1) is 7.13. The second-order valence-corrected chi connectivity index (χ2v) is 3.79. The molecule has 0 amide bonds. The molecule has 0 aliphatic heterocycles. The zero-order valence-corrected chi connectivity index (χ0v) is 9.29. The first kappa shape index (κ1) is 12.0. The molecule has 0 aromatic heterocycles. The van der Waals surface area contributed by atoms with E-state index in [1.54, 1.807) is 12.1 Å². The number of rotatable bonds is 5. The molecule has 0 bridgehead atoms. The molecule has 1 aromatic rings. The van der Waals surface area contributed by atoms with Gasteiger partial charge in [0.2, 0.25) is 0 Å². The van der Waals surface area contributed by atoms with Crippen molar-refractivity contribution < 1.29 is 9.13 Å². The van der Waals surface area contributed by atoms with Gasteiger partial charge >= 0.3 is 0 Å². The largest absolute Gasteiger partial charge is 0.489 e. The van der Waals surface area contributed by atoms with Gasteiger partial charge in [0.25, 0.3) is 0 Å².